The average molecular weight is 335 g/mol. The summed E-state index contributed by atoms with van der Waals surface area (Å²) in [5, 5.41) is 18.1. The van der Waals surface area contributed by atoms with Crippen LogP contribution >= 0.6 is 11.3 Å². The van der Waals surface area contributed by atoms with Crippen molar-refractivity contribution >= 4 is 22.9 Å². The van der Waals surface area contributed by atoms with Crippen LogP contribution in [0.1, 0.15) is 24.1 Å². The zero-order chi connectivity index (χ0) is 16.6. The summed E-state index contributed by atoms with van der Waals surface area (Å²) in [7, 11) is 0. The minimum absolute atomic E-state index is 0.142. The second-order valence-corrected chi connectivity index (χ2v) is 6.70. The van der Waals surface area contributed by atoms with E-state index in [1.165, 1.54) is 0 Å². The number of rotatable bonds is 4. The molecule has 0 spiro atoms. The van der Waals surface area contributed by atoms with Crippen LogP contribution in [-0.4, -0.2) is 11.1 Å². The Morgan fingerprint density at radius 2 is 2.12 bits per heavy atom. The van der Waals surface area contributed by atoms with E-state index in [0.29, 0.717) is 22.7 Å². The van der Waals surface area contributed by atoms with Crippen LogP contribution in [0.2, 0.25) is 0 Å². The minimum Gasteiger partial charge on any atom is -0.355 e. The van der Waals surface area contributed by atoms with E-state index >= 15 is 0 Å². The summed E-state index contributed by atoms with van der Waals surface area (Å²) < 4.78 is 5.41. The van der Waals surface area contributed by atoms with Gasteiger partial charge in [0.25, 0.3) is 0 Å². The molecule has 1 fully saturated rings. The number of nitriles is 1. The van der Waals surface area contributed by atoms with E-state index in [0.717, 1.165) is 17.7 Å². The maximum atomic E-state index is 12.8. The molecule has 0 bridgehead atoms. The number of nitrogens with zero attached hydrogens (tertiary/aromatic N) is 2. The first-order valence-corrected chi connectivity index (χ1v) is 8.42. The fourth-order valence-corrected chi connectivity index (χ4v) is 3.36. The highest BCUT2D eigenvalue weighted by molar-refractivity contribution is 7.13. The topological polar surface area (TPSA) is 78.9 Å². The molecule has 1 N–H and O–H groups in total. The maximum absolute atomic E-state index is 12.8. The Balaban J connectivity index is 1.59. The number of hydrogen-bond acceptors (Lipinski definition) is 5. The lowest BCUT2D eigenvalue weighted by Crippen LogP contribution is -2.28. The molecule has 0 atom stereocenters. The van der Waals surface area contributed by atoms with E-state index in [4.69, 9.17) is 9.78 Å². The van der Waals surface area contributed by atoms with Crippen LogP contribution in [0.4, 0.5) is 5.69 Å². The van der Waals surface area contributed by atoms with Crippen molar-refractivity contribution in [3.8, 4) is 16.7 Å². The van der Waals surface area contributed by atoms with Crippen LogP contribution in [0.15, 0.2) is 52.4 Å². The second kappa shape index (κ2) is 5.62. The number of benzene rings is 1. The molecule has 0 radical (unpaired) electrons. The van der Waals surface area contributed by atoms with Gasteiger partial charge in [0.05, 0.1) is 27.2 Å². The zero-order valence-electron chi connectivity index (χ0n) is 12.7. The Morgan fingerprint density at radius 1 is 1.29 bits per heavy atom. The normalized spacial score (nSPS) is 14.8. The Morgan fingerprint density at radius 3 is 2.83 bits per heavy atom. The lowest BCUT2D eigenvalue weighted by atomic mass is 10.0. The van der Waals surface area contributed by atoms with Crippen LogP contribution in [0, 0.1) is 11.3 Å². The van der Waals surface area contributed by atoms with E-state index in [1.54, 1.807) is 35.6 Å². The highest BCUT2D eigenvalue weighted by Gasteiger charge is 2.54. The van der Waals surface area contributed by atoms with Gasteiger partial charge in [0.2, 0.25) is 5.91 Å². The number of carbonyl (C=O) groups is 1. The summed E-state index contributed by atoms with van der Waals surface area (Å²) in [6.45, 7) is 0. The molecule has 24 heavy (non-hydrogen) atoms. The molecule has 1 aliphatic rings. The molecule has 6 heteroatoms. The first kappa shape index (κ1) is 14.7. The van der Waals surface area contributed by atoms with Gasteiger partial charge in [0.15, 0.2) is 5.76 Å². The summed E-state index contributed by atoms with van der Waals surface area (Å²) in [4.78, 5) is 13.7. The largest absolute Gasteiger partial charge is 0.355 e. The molecule has 0 aliphatic heterocycles. The van der Waals surface area contributed by atoms with Gasteiger partial charge < -0.3 is 9.84 Å². The van der Waals surface area contributed by atoms with Gasteiger partial charge in [-0.2, -0.15) is 5.26 Å². The van der Waals surface area contributed by atoms with Gasteiger partial charge in [-0.3, -0.25) is 4.79 Å². The number of thiophene rings is 1. The molecule has 0 saturated heterocycles. The van der Waals surface area contributed by atoms with Crippen molar-refractivity contribution in [1.82, 2.24) is 5.16 Å². The Bertz CT molecular complexity index is 933. The first-order valence-electron chi connectivity index (χ1n) is 7.55. The third-order valence-corrected chi connectivity index (χ3v) is 5.13. The van der Waals surface area contributed by atoms with Crippen LogP contribution < -0.4 is 5.32 Å². The average Bonchev–Trinajstić information content (AvgIpc) is 3.02. The molecule has 1 aliphatic carbocycles. The van der Waals surface area contributed by atoms with Gasteiger partial charge in [-0.1, -0.05) is 23.4 Å². The molecule has 5 nitrogen and oxygen atoms in total. The monoisotopic (exact) mass is 335 g/mol. The molecule has 2 heterocycles. The Labute approximate surface area is 142 Å². The second-order valence-electron chi connectivity index (χ2n) is 5.75. The molecule has 0 unspecified atom stereocenters. The summed E-state index contributed by atoms with van der Waals surface area (Å²) in [6.07, 6.45) is 1.45. The number of anilines is 1. The number of amides is 1. The SMILES string of the molecule is N#Cc1ccccc1NC(=O)C1(c2cc(-c3cccs3)on2)CC1. The maximum Gasteiger partial charge on any atom is 0.236 e. The van der Waals surface area contributed by atoms with Crippen molar-refractivity contribution in [3.63, 3.8) is 0 Å². The summed E-state index contributed by atoms with van der Waals surface area (Å²) >= 11 is 1.57. The molecule has 1 aromatic carbocycles. The predicted octanol–water partition coefficient (Wildman–Crippen LogP) is 3.95. The van der Waals surface area contributed by atoms with Gasteiger partial charge in [0, 0.05) is 6.07 Å². The van der Waals surface area contributed by atoms with E-state index in [1.807, 2.05) is 23.6 Å². The number of hydrogen-bond donors (Lipinski definition) is 1. The fraction of sp³-hybridized carbons (Fsp3) is 0.167. The quantitative estimate of drug-likeness (QED) is 0.783. The predicted molar refractivity (Wildman–Crippen MR) is 90.5 cm³/mol. The van der Waals surface area contributed by atoms with Gasteiger partial charge in [-0.25, -0.2) is 0 Å². The molecule has 118 valence electrons. The minimum atomic E-state index is -0.651. The molecule has 4 rings (SSSR count). The third-order valence-electron chi connectivity index (χ3n) is 4.24. The molecule has 1 amide bonds. The summed E-state index contributed by atoms with van der Waals surface area (Å²) in [6, 6.07) is 14.8. The fourth-order valence-electron chi connectivity index (χ4n) is 2.69. The standard InChI is InChI=1S/C18H13N3O2S/c19-11-12-4-1-2-5-13(12)20-17(22)18(7-8-18)16-10-14(23-21-16)15-6-3-9-24-15/h1-6,9-10H,7-8H2,(H,20,22). The van der Waals surface area contributed by atoms with E-state index in [-0.39, 0.29) is 5.91 Å². The zero-order valence-corrected chi connectivity index (χ0v) is 13.5. The van der Waals surface area contributed by atoms with E-state index in [9.17, 15) is 4.79 Å². The van der Waals surface area contributed by atoms with Crippen molar-refractivity contribution in [1.29, 1.82) is 5.26 Å². The number of aromatic nitrogens is 1. The molecular formula is C18H13N3O2S. The molecule has 2 aromatic heterocycles. The Kier molecular flexibility index (Phi) is 3.44. The third kappa shape index (κ3) is 2.39. The van der Waals surface area contributed by atoms with Gasteiger partial charge in [-0.05, 0) is 36.4 Å². The number of para-hydroxylation sites is 1. The van der Waals surface area contributed by atoms with Crippen LogP contribution in [0.25, 0.3) is 10.6 Å². The van der Waals surface area contributed by atoms with Gasteiger partial charge in [0.1, 0.15) is 6.07 Å². The van der Waals surface area contributed by atoms with E-state index in [2.05, 4.69) is 16.5 Å². The first-order chi connectivity index (χ1) is 11.7. The van der Waals surface area contributed by atoms with Crippen molar-refractivity contribution < 1.29 is 9.32 Å². The van der Waals surface area contributed by atoms with E-state index < -0.39 is 5.41 Å². The lowest BCUT2D eigenvalue weighted by Gasteiger charge is -2.13. The van der Waals surface area contributed by atoms with Crippen LogP contribution in [0.3, 0.4) is 0 Å². The van der Waals surface area contributed by atoms with Gasteiger partial charge >= 0.3 is 0 Å². The lowest BCUT2D eigenvalue weighted by molar-refractivity contribution is -0.118. The number of carbonyl (C=O) groups excluding carboxylic acids is 1. The molecule has 1 saturated carbocycles. The smallest absolute Gasteiger partial charge is 0.236 e. The molecule has 3 aromatic rings. The van der Waals surface area contributed by atoms with Gasteiger partial charge in [-0.15, -0.1) is 11.3 Å². The highest BCUT2D eigenvalue weighted by atomic mass is 32.1. The number of nitrogens with one attached hydrogen (secondary N) is 1. The van der Waals surface area contributed by atoms with Crippen molar-refractivity contribution in [2.45, 2.75) is 18.3 Å². The molecular weight excluding hydrogens is 322 g/mol. The van der Waals surface area contributed by atoms with Crippen molar-refractivity contribution in [3.05, 3.63) is 59.1 Å². The highest BCUT2D eigenvalue weighted by Crippen LogP contribution is 2.49. The van der Waals surface area contributed by atoms with Crippen LogP contribution in [-0.2, 0) is 10.2 Å². The Hall–Kier alpha value is -2.91. The summed E-state index contributed by atoms with van der Waals surface area (Å²) in [5.74, 6) is 0.535. The van der Waals surface area contributed by atoms with Crippen molar-refractivity contribution in [2.24, 2.45) is 0 Å². The summed E-state index contributed by atoms with van der Waals surface area (Å²) in [5.41, 5.74) is 0.971. The van der Waals surface area contributed by atoms with Crippen molar-refractivity contribution in [2.75, 3.05) is 5.32 Å². The van der Waals surface area contributed by atoms with Crippen LogP contribution in [0.5, 0.6) is 0 Å².